The highest BCUT2D eigenvalue weighted by molar-refractivity contribution is 14.0. The van der Waals surface area contributed by atoms with Gasteiger partial charge in [0.05, 0.1) is 6.54 Å². The SMILES string of the molecule is CCNC(=NCCC(=O)NCc1ccccc1)NC1CCCCC1.I. The van der Waals surface area contributed by atoms with E-state index in [0.717, 1.165) is 18.1 Å². The van der Waals surface area contributed by atoms with Crippen LogP contribution in [0.1, 0.15) is 51.0 Å². The van der Waals surface area contributed by atoms with Gasteiger partial charge in [-0.3, -0.25) is 9.79 Å². The van der Waals surface area contributed by atoms with Gasteiger partial charge in [0.15, 0.2) is 5.96 Å². The van der Waals surface area contributed by atoms with Crippen LogP contribution in [-0.2, 0) is 11.3 Å². The molecule has 0 unspecified atom stereocenters. The average molecular weight is 458 g/mol. The first kappa shape index (κ1) is 21.7. The first-order chi connectivity index (χ1) is 11.8. The minimum Gasteiger partial charge on any atom is -0.357 e. The summed E-state index contributed by atoms with van der Waals surface area (Å²) >= 11 is 0. The Morgan fingerprint density at radius 2 is 1.84 bits per heavy atom. The fraction of sp³-hybridized carbons (Fsp3) is 0.579. The van der Waals surface area contributed by atoms with E-state index in [9.17, 15) is 4.79 Å². The molecule has 0 atom stereocenters. The fourth-order valence-electron chi connectivity index (χ4n) is 2.91. The second-order valence-corrected chi connectivity index (χ2v) is 6.25. The molecule has 0 spiro atoms. The standard InChI is InChI=1S/C19H30N4O.HI/c1-2-20-19(23-17-11-7-4-8-12-17)21-14-13-18(24)22-15-16-9-5-3-6-10-16;/h3,5-6,9-10,17H,2,4,7-8,11-15H2,1H3,(H,22,24)(H2,20,21,23);1H. The molecule has 2 rings (SSSR count). The van der Waals surface area contributed by atoms with Crippen molar-refractivity contribution in [2.75, 3.05) is 13.1 Å². The second-order valence-electron chi connectivity index (χ2n) is 6.25. The van der Waals surface area contributed by atoms with Gasteiger partial charge in [0, 0.05) is 25.6 Å². The Morgan fingerprint density at radius 3 is 2.52 bits per heavy atom. The van der Waals surface area contributed by atoms with Crippen LogP contribution < -0.4 is 16.0 Å². The lowest BCUT2D eigenvalue weighted by Gasteiger charge is -2.24. The summed E-state index contributed by atoms with van der Waals surface area (Å²) < 4.78 is 0. The van der Waals surface area contributed by atoms with Crippen LogP contribution in [0.25, 0.3) is 0 Å². The molecule has 25 heavy (non-hydrogen) atoms. The first-order valence-electron chi connectivity index (χ1n) is 9.13. The summed E-state index contributed by atoms with van der Waals surface area (Å²) in [6, 6.07) is 10.5. The van der Waals surface area contributed by atoms with Gasteiger partial charge < -0.3 is 16.0 Å². The maximum absolute atomic E-state index is 11.9. The van der Waals surface area contributed by atoms with E-state index in [2.05, 4.69) is 27.9 Å². The molecule has 0 aliphatic heterocycles. The Morgan fingerprint density at radius 1 is 1.12 bits per heavy atom. The predicted molar refractivity (Wildman–Crippen MR) is 114 cm³/mol. The van der Waals surface area contributed by atoms with Gasteiger partial charge >= 0.3 is 0 Å². The van der Waals surface area contributed by atoms with Gasteiger partial charge in [-0.2, -0.15) is 0 Å². The number of rotatable bonds is 7. The van der Waals surface area contributed by atoms with E-state index >= 15 is 0 Å². The van der Waals surface area contributed by atoms with Crippen LogP contribution in [0, 0.1) is 0 Å². The van der Waals surface area contributed by atoms with Crippen molar-refractivity contribution in [3.63, 3.8) is 0 Å². The summed E-state index contributed by atoms with van der Waals surface area (Å²) in [5.41, 5.74) is 1.11. The highest BCUT2D eigenvalue weighted by Gasteiger charge is 2.14. The number of hydrogen-bond acceptors (Lipinski definition) is 2. The molecule has 1 aliphatic rings. The van der Waals surface area contributed by atoms with Crippen molar-refractivity contribution >= 4 is 35.8 Å². The van der Waals surface area contributed by atoms with E-state index < -0.39 is 0 Å². The Labute approximate surface area is 168 Å². The third kappa shape index (κ3) is 9.09. The zero-order valence-corrected chi connectivity index (χ0v) is 17.4. The van der Waals surface area contributed by atoms with E-state index in [1.807, 2.05) is 30.3 Å². The molecular weight excluding hydrogens is 427 g/mol. The van der Waals surface area contributed by atoms with Crippen molar-refractivity contribution in [3.8, 4) is 0 Å². The fourth-order valence-corrected chi connectivity index (χ4v) is 2.91. The van der Waals surface area contributed by atoms with Crippen LogP contribution in [-0.4, -0.2) is 31.0 Å². The van der Waals surface area contributed by atoms with Crippen LogP contribution in [0.2, 0.25) is 0 Å². The van der Waals surface area contributed by atoms with Crippen molar-refractivity contribution in [1.82, 2.24) is 16.0 Å². The van der Waals surface area contributed by atoms with Gasteiger partial charge in [-0.1, -0.05) is 49.6 Å². The van der Waals surface area contributed by atoms with Gasteiger partial charge in [-0.15, -0.1) is 24.0 Å². The smallest absolute Gasteiger partial charge is 0.222 e. The number of carbonyl (C=O) groups excluding carboxylic acids is 1. The van der Waals surface area contributed by atoms with Crippen LogP contribution in [0.4, 0.5) is 0 Å². The van der Waals surface area contributed by atoms with Crippen molar-refractivity contribution in [2.45, 2.75) is 58.0 Å². The van der Waals surface area contributed by atoms with Crippen molar-refractivity contribution in [3.05, 3.63) is 35.9 Å². The molecule has 1 aromatic carbocycles. The topological polar surface area (TPSA) is 65.5 Å². The maximum Gasteiger partial charge on any atom is 0.222 e. The summed E-state index contributed by atoms with van der Waals surface area (Å²) in [7, 11) is 0. The van der Waals surface area contributed by atoms with Gasteiger partial charge in [0.1, 0.15) is 0 Å². The maximum atomic E-state index is 11.9. The number of nitrogens with zero attached hydrogens (tertiary/aromatic N) is 1. The zero-order valence-electron chi connectivity index (χ0n) is 15.1. The third-order valence-electron chi connectivity index (χ3n) is 4.23. The van der Waals surface area contributed by atoms with Crippen molar-refractivity contribution in [2.24, 2.45) is 4.99 Å². The largest absolute Gasteiger partial charge is 0.357 e. The molecule has 0 saturated heterocycles. The normalized spacial score (nSPS) is 15.2. The quantitative estimate of drug-likeness (QED) is 0.334. The number of amides is 1. The summed E-state index contributed by atoms with van der Waals surface area (Å²) in [5.74, 6) is 0.872. The number of halogens is 1. The van der Waals surface area contributed by atoms with Gasteiger partial charge in [0.25, 0.3) is 0 Å². The molecule has 3 N–H and O–H groups in total. The molecule has 0 heterocycles. The Bertz CT molecular complexity index is 515. The minimum absolute atomic E-state index is 0. The lowest BCUT2D eigenvalue weighted by molar-refractivity contribution is -0.121. The molecule has 140 valence electrons. The molecule has 1 amide bonds. The van der Waals surface area contributed by atoms with Crippen molar-refractivity contribution < 1.29 is 4.79 Å². The summed E-state index contributed by atoms with van der Waals surface area (Å²) in [4.78, 5) is 16.5. The lowest BCUT2D eigenvalue weighted by atomic mass is 9.96. The first-order valence-corrected chi connectivity index (χ1v) is 9.13. The lowest BCUT2D eigenvalue weighted by Crippen LogP contribution is -2.44. The predicted octanol–water partition coefficient (Wildman–Crippen LogP) is 3.20. The average Bonchev–Trinajstić information content (AvgIpc) is 2.62. The highest BCUT2D eigenvalue weighted by Crippen LogP contribution is 2.17. The molecular formula is C19H31IN4O. The molecule has 1 aliphatic carbocycles. The molecule has 0 aromatic heterocycles. The van der Waals surface area contributed by atoms with E-state index in [1.54, 1.807) is 0 Å². The van der Waals surface area contributed by atoms with Crippen LogP contribution in [0.5, 0.6) is 0 Å². The van der Waals surface area contributed by atoms with Crippen molar-refractivity contribution in [1.29, 1.82) is 0 Å². The molecule has 6 heteroatoms. The molecule has 5 nitrogen and oxygen atoms in total. The van der Waals surface area contributed by atoms with Gasteiger partial charge in [-0.05, 0) is 25.3 Å². The van der Waals surface area contributed by atoms with E-state index in [-0.39, 0.29) is 29.9 Å². The van der Waals surface area contributed by atoms with Gasteiger partial charge in [-0.25, -0.2) is 0 Å². The monoisotopic (exact) mass is 458 g/mol. The Hall–Kier alpha value is -1.31. The number of hydrogen-bond donors (Lipinski definition) is 3. The Balaban J connectivity index is 0.00000312. The number of carbonyl (C=O) groups is 1. The summed E-state index contributed by atoms with van der Waals surface area (Å²) in [6.45, 7) is 3.97. The highest BCUT2D eigenvalue weighted by atomic mass is 127. The number of aliphatic imine (C=N–C) groups is 1. The summed E-state index contributed by atoms with van der Waals surface area (Å²) in [5, 5.41) is 9.70. The van der Waals surface area contributed by atoms with Crippen LogP contribution in [0.3, 0.4) is 0 Å². The van der Waals surface area contributed by atoms with E-state index in [0.29, 0.717) is 25.6 Å². The number of guanidine groups is 1. The Kier molecular flexibility index (Phi) is 11.3. The van der Waals surface area contributed by atoms with E-state index in [1.165, 1.54) is 32.1 Å². The third-order valence-corrected chi connectivity index (χ3v) is 4.23. The molecule has 1 fully saturated rings. The van der Waals surface area contributed by atoms with E-state index in [4.69, 9.17) is 0 Å². The minimum atomic E-state index is 0. The second kappa shape index (κ2) is 13.0. The molecule has 0 radical (unpaired) electrons. The molecule has 1 saturated carbocycles. The molecule has 0 bridgehead atoms. The summed E-state index contributed by atoms with van der Waals surface area (Å²) in [6.07, 6.45) is 6.75. The van der Waals surface area contributed by atoms with Crippen LogP contribution in [0.15, 0.2) is 35.3 Å². The molecule has 1 aromatic rings. The van der Waals surface area contributed by atoms with Crippen LogP contribution >= 0.6 is 24.0 Å². The zero-order chi connectivity index (χ0) is 17.0. The number of nitrogens with one attached hydrogen (secondary N) is 3. The number of benzene rings is 1. The van der Waals surface area contributed by atoms with Gasteiger partial charge in [0.2, 0.25) is 5.91 Å².